The Labute approximate surface area is 119 Å². The van der Waals surface area contributed by atoms with Gasteiger partial charge in [0.1, 0.15) is 0 Å². The van der Waals surface area contributed by atoms with Gasteiger partial charge in [-0.05, 0) is 13.3 Å². The Kier molecular flexibility index (Phi) is 8.49. The number of ether oxygens (including phenoxy) is 1. The molecule has 0 unspecified atom stereocenters. The average Bonchev–Trinajstić information content (AvgIpc) is 2.33. The molecule has 0 N–H and O–H groups in total. The van der Waals surface area contributed by atoms with Crippen molar-refractivity contribution in [2.24, 2.45) is 0 Å². The SMILES string of the molecule is CC=CC(=O)OCCC[Si](OC)(OC(C)=O)OC(C)=O. The predicted molar refractivity (Wildman–Crippen MR) is 71.5 cm³/mol. The van der Waals surface area contributed by atoms with Crippen LogP contribution in [-0.2, 0) is 32.4 Å². The van der Waals surface area contributed by atoms with Gasteiger partial charge in [-0.15, -0.1) is 0 Å². The lowest BCUT2D eigenvalue weighted by Gasteiger charge is -2.25. The van der Waals surface area contributed by atoms with Crippen LogP contribution in [0.3, 0.4) is 0 Å². The summed E-state index contributed by atoms with van der Waals surface area (Å²) in [5, 5.41) is 0. The van der Waals surface area contributed by atoms with Gasteiger partial charge in [-0.3, -0.25) is 9.59 Å². The fraction of sp³-hybridized carbons (Fsp3) is 0.583. The summed E-state index contributed by atoms with van der Waals surface area (Å²) in [5.74, 6) is -1.64. The highest BCUT2D eigenvalue weighted by Crippen LogP contribution is 2.18. The van der Waals surface area contributed by atoms with Gasteiger partial charge in [0, 0.05) is 33.1 Å². The molecular formula is C12H20O7Si. The van der Waals surface area contributed by atoms with Crippen LogP contribution in [0.25, 0.3) is 0 Å². The van der Waals surface area contributed by atoms with E-state index in [9.17, 15) is 14.4 Å². The van der Waals surface area contributed by atoms with E-state index in [0.29, 0.717) is 6.42 Å². The summed E-state index contributed by atoms with van der Waals surface area (Å²) in [7, 11) is -2.09. The topological polar surface area (TPSA) is 88.1 Å². The normalized spacial score (nSPS) is 11.2. The van der Waals surface area contributed by atoms with Crippen LogP contribution in [0, 0.1) is 0 Å². The number of allylic oxidation sites excluding steroid dienone is 1. The zero-order valence-electron chi connectivity index (χ0n) is 12.1. The monoisotopic (exact) mass is 304 g/mol. The number of esters is 1. The number of hydrogen-bond acceptors (Lipinski definition) is 7. The second-order valence-electron chi connectivity index (χ2n) is 3.85. The molecule has 0 bridgehead atoms. The van der Waals surface area contributed by atoms with Crippen molar-refractivity contribution in [2.75, 3.05) is 13.7 Å². The summed E-state index contributed by atoms with van der Waals surface area (Å²) in [6, 6.07) is 0.186. The van der Waals surface area contributed by atoms with E-state index in [-0.39, 0.29) is 12.7 Å². The van der Waals surface area contributed by atoms with E-state index in [2.05, 4.69) is 0 Å². The molecule has 0 aliphatic carbocycles. The van der Waals surface area contributed by atoms with E-state index in [1.807, 2.05) is 0 Å². The molecule has 0 aliphatic rings. The van der Waals surface area contributed by atoms with Gasteiger partial charge in [0.25, 0.3) is 11.9 Å². The van der Waals surface area contributed by atoms with Gasteiger partial charge in [-0.25, -0.2) is 4.79 Å². The highest BCUT2D eigenvalue weighted by Gasteiger charge is 2.46. The molecule has 0 saturated heterocycles. The van der Waals surface area contributed by atoms with Crippen molar-refractivity contribution in [2.45, 2.75) is 33.2 Å². The quantitative estimate of drug-likeness (QED) is 0.288. The number of hydrogen-bond donors (Lipinski definition) is 0. The summed E-state index contributed by atoms with van der Waals surface area (Å²) >= 11 is 0. The van der Waals surface area contributed by atoms with Crippen LogP contribution in [0.4, 0.5) is 0 Å². The third-order valence-corrected chi connectivity index (χ3v) is 4.87. The number of rotatable bonds is 8. The van der Waals surface area contributed by atoms with Gasteiger partial charge in [0.05, 0.1) is 6.61 Å². The van der Waals surface area contributed by atoms with Crippen LogP contribution in [0.5, 0.6) is 0 Å². The highest BCUT2D eigenvalue weighted by molar-refractivity contribution is 6.64. The van der Waals surface area contributed by atoms with Gasteiger partial charge in [-0.1, -0.05) is 6.08 Å². The van der Waals surface area contributed by atoms with Crippen LogP contribution in [0.1, 0.15) is 27.2 Å². The fourth-order valence-electron chi connectivity index (χ4n) is 1.39. The van der Waals surface area contributed by atoms with E-state index < -0.39 is 26.7 Å². The molecule has 0 spiro atoms. The molecule has 0 amide bonds. The molecular weight excluding hydrogens is 284 g/mol. The molecule has 0 heterocycles. The Morgan fingerprint density at radius 2 is 1.65 bits per heavy atom. The first-order chi connectivity index (χ1) is 9.35. The lowest BCUT2D eigenvalue weighted by atomic mass is 10.5. The summed E-state index contributed by atoms with van der Waals surface area (Å²) in [4.78, 5) is 33.2. The van der Waals surface area contributed by atoms with Crippen molar-refractivity contribution in [3.05, 3.63) is 12.2 Å². The van der Waals surface area contributed by atoms with Crippen molar-refractivity contribution < 1.29 is 32.4 Å². The second-order valence-corrected chi connectivity index (χ2v) is 6.53. The summed E-state index contributed by atoms with van der Waals surface area (Å²) < 4.78 is 20.1. The Morgan fingerprint density at radius 1 is 1.10 bits per heavy atom. The lowest BCUT2D eigenvalue weighted by Crippen LogP contribution is -2.47. The van der Waals surface area contributed by atoms with Gasteiger partial charge in [-0.2, -0.15) is 0 Å². The molecule has 20 heavy (non-hydrogen) atoms. The van der Waals surface area contributed by atoms with Crippen molar-refractivity contribution in [1.82, 2.24) is 0 Å². The van der Waals surface area contributed by atoms with E-state index in [4.69, 9.17) is 18.0 Å². The molecule has 114 valence electrons. The third kappa shape index (κ3) is 7.69. The lowest BCUT2D eigenvalue weighted by molar-refractivity contribution is -0.143. The zero-order valence-corrected chi connectivity index (χ0v) is 13.1. The Morgan fingerprint density at radius 3 is 2.05 bits per heavy atom. The molecule has 0 aromatic rings. The first-order valence-electron chi connectivity index (χ1n) is 6.09. The first kappa shape index (κ1) is 18.3. The molecule has 0 aromatic carbocycles. The molecule has 0 rings (SSSR count). The molecule has 0 radical (unpaired) electrons. The van der Waals surface area contributed by atoms with Crippen LogP contribution in [0.2, 0.25) is 6.04 Å². The van der Waals surface area contributed by atoms with Crippen molar-refractivity contribution in [3.63, 3.8) is 0 Å². The number of carbonyl (C=O) groups is 3. The second kappa shape index (κ2) is 9.27. The molecule has 0 fully saturated rings. The zero-order chi connectivity index (χ0) is 15.6. The smallest absolute Gasteiger partial charge is 0.464 e. The fourth-order valence-corrected chi connectivity index (χ4v) is 3.46. The van der Waals surface area contributed by atoms with Crippen molar-refractivity contribution >= 4 is 26.7 Å². The minimum Gasteiger partial charge on any atom is -0.464 e. The minimum absolute atomic E-state index is 0.115. The minimum atomic E-state index is -3.39. The predicted octanol–water partition coefficient (Wildman–Crippen LogP) is 1.21. The Balaban J connectivity index is 4.45. The Hall–Kier alpha value is -1.67. The van der Waals surface area contributed by atoms with Gasteiger partial charge in [0.15, 0.2) is 0 Å². The third-order valence-electron chi connectivity index (χ3n) is 2.08. The standard InChI is InChI=1S/C12H20O7Si/c1-5-7-12(15)17-8-6-9-20(16-4,18-10(2)13)19-11(3)14/h5,7H,6,8-9H2,1-4H3. The highest BCUT2D eigenvalue weighted by atomic mass is 28.4. The van der Waals surface area contributed by atoms with Crippen LogP contribution < -0.4 is 0 Å². The van der Waals surface area contributed by atoms with Crippen molar-refractivity contribution in [3.8, 4) is 0 Å². The first-order valence-corrected chi connectivity index (χ1v) is 8.02. The summed E-state index contributed by atoms with van der Waals surface area (Å²) in [6.45, 7) is 4.22. The average molecular weight is 304 g/mol. The van der Waals surface area contributed by atoms with Crippen molar-refractivity contribution in [1.29, 1.82) is 0 Å². The van der Waals surface area contributed by atoms with E-state index >= 15 is 0 Å². The summed E-state index contributed by atoms with van der Waals surface area (Å²) in [6.07, 6.45) is 3.21. The number of carbonyl (C=O) groups excluding carboxylic acids is 3. The largest absolute Gasteiger partial charge is 0.635 e. The van der Waals surface area contributed by atoms with E-state index in [1.165, 1.54) is 27.0 Å². The van der Waals surface area contributed by atoms with Gasteiger partial charge >= 0.3 is 14.8 Å². The maximum atomic E-state index is 11.1. The molecule has 0 saturated carbocycles. The van der Waals surface area contributed by atoms with E-state index in [0.717, 1.165) is 0 Å². The molecule has 0 aromatic heterocycles. The molecule has 8 heteroatoms. The maximum Gasteiger partial charge on any atom is 0.635 e. The van der Waals surface area contributed by atoms with E-state index in [1.54, 1.807) is 13.0 Å². The Bertz CT molecular complexity index is 362. The molecule has 7 nitrogen and oxygen atoms in total. The summed E-state index contributed by atoms with van der Waals surface area (Å²) in [5.41, 5.74) is 0. The van der Waals surface area contributed by atoms with Gasteiger partial charge in [0.2, 0.25) is 0 Å². The molecule has 0 atom stereocenters. The maximum absolute atomic E-state index is 11.1. The van der Waals surface area contributed by atoms with Crippen LogP contribution >= 0.6 is 0 Å². The molecule has 0 aliphatic heterocycles. The van der Waals surface area contributed by atoms with Crippen LogP contribution in [0.15, 0.2) is 12.2 Å². The van der Waals surface area contributed by atoms with Crippen LogP contribution in [-0.4, -0.2) is 40.4 Å². The van der Waals surface area contributed by atoms with Gasteiger partial charge < -0.3 is 18.0 Å².